The van der Waals surface area contributed by atoms with E-state index in [2.05, 4.69) is 16.1 Å². The lowest BCUT2D eigenvalue weighted by atomic mass is 9.80. The van der Waals surface area contributed by atoms with Crippen molar-refractivity contribution in [2.24, 2.45) is 5.92 Å². The van der Waals surface area contributed by atoms with Crippen LogP contribution in [-0.4, -0.2) is 31.6 Å². The summed E-state index contributed by atoms with van der Waals surface area (Å²) in [6, 6.07) is 28.7. The molecule has 1 aliphatic rings. The van der Waals surface area contributed by atoms with Gasteiger partial charge in [0.15, 0.2) is 6.61 Å². The lowest BCUT2D eigenvalue weighted by molar-refractivity contribution is -0.145. The van der Waals surface area contributed by atoms with Gasteiger partial charge in [0.05, 0.1) is 11.5 Å². The second kappa shape index (κ2) is 13.5. The second-order valence-corrected chi connectivity index (χ2v) is 10.6. The molecule has 8 heteroatoms. The van der Waals surface area contributed by atoms with Gasteiger partial charge in [-0.1, -0.05) is 66.6 Å². The number of esters is 1. The molecule has 1 atom stereocenters. The SMILES string of the molecule is C#CCOC(=O)C(c1ccccc1)C1CCN(c2ccc(NC(=O)c3ccccc3-c3ccc(C(F)(F)F)cc3)cc2)CC1. The number of piperidine rings is 1. The summed E-state index contributed by atoms with van der Waals surface area (Å²) in [6.07, 6.45) is 2.46. The Morgan fingerprint density at radius 3 is 2.16 bits per heavy atom. The highest BCUT2D eigenvalue weighted by Crippen LogP contribution is 2.36. The van der Waals surface area contributed by atoms with Gasteiger partial charge in [-0.15, -0.1) is 6.42 Å². The van der Waals surface area contributed by atoms with Crippen LogP contribution in [-0.2, 0) is 15.7 Å². The molecule has 0 aromatic heterocycles. The van der Waals surface area contributed by atoms with Crippen LogP contribution < -0.4 is 10.2 Å². The van der Waals surface area contributed by atoms with Gasteiger partial charge in [-0.2, -0.15) is 13.2 Å². The number of rotatable bonds is 8. The number of anilines is 2. The number of nitrogens with one attached hydrogen (secondary N) is 1. The molecule has 1 aliphatic heterocycles. The van der Waals surface area contributed by atoms with E-state index in [0.717, 1.165) is 49.3 Å². The quantitative estimate of drug-likeness (QED) is 0.167. The number of carbonyl (C=O) groups is 2. The number of halogens is 3. The predicted molar refractivity (Wildman–Crippen MR) is 165 cm³/mol. The largest absolute Gasteiger partial charge is 0.452 e. The lowest BCUT2D eigenvalue weighted by Crippen LogP contribution is -2.37. The van der Waals surface area contributed by atoms with Gasteiger partial charge in [0.25, 0.3) is 5.91 Å². The number of nitrogens with zero attached hydrogens (tertiary/aromatic N) is 1. The summed E-state index contributed by atoms with van der Waals surface area (Å²) in [5, 5.41) is 2.90. The number of terminal acetylenes is 1. The van der Waals surface area contributed by atoms with E-state index in [1.165, 1.54) is 12.1 Å². The normalized spacial score (nSPS) is 14.4. The smallest absolute Gasteiger partial charge is 0.416 e. The Morgan fingerprint density at radius 1 is 0.886 bits per heavy atom. The summed E-state index contributed by atoms with van der Waals surface area (Å²) >= 11 is 0. The third-order valence-corrected chi connectivity index (χ3v) is 7.91. The highest BCUT2D eigenvalue weighted by molar-refractivity contribution is 6.08. The molecule has 1 unspecified atom stereocenters. The molecule has 4 aromatic rings. The van der Waals surface area contributed by atoms with E-state index in [1.54, 1.807) is 24.3 Å². The number of hydrogen-bond donors (Lipinski definition) is 1. The van der Waals surface area contributed by atoms with Crippen molar-refractivity contribution >= 4 is 23.3 Å². The van der Waals surface area contributed by atoms with E-state index in [4.69, 9.17) is 11.2 Å². The van der Waals surface area contributed by atoms with E-state index in [-0.39, 0.29) is 30.3 Å². The maximum absolute atomic E-state index is 13.2. The molecule has 224 valence electrons. The molecule has 1 heterocycles. The summed E-state index contributed by atoms with van der Waals surface area (Å²) < 4.78 is 44.4. The molecular formula is C36H31F3N2O3. The maximum Gasteiger partial charge on any atom is 0.416 e. The minimum absolute atomic E-state index is 0.0511. The van der Waals surface area contributed by atoms with Crippen LogP contribution >= 0.6 is 0 Å². The average Bonchev–Trinajstić information content (AvgIpc) is 3.05. The van der Waals surface area contributed by atoms with Crippen LogP contribution in [0.4, 0.5) is 24.5 Å². The number of hydrogen-bond acceptors (Lipinski definition) is 4. The Labute approximate surface area is 254 Å². The van der Waals surface area contributed by atoms with Crippen molar-refractivity contribution < 1.29 is 27.5 Å². The first-order valence-corrected chi connectivity index (χ1v) is 14.3. The molecule has 0 aliphatic carbocycles. The van der Waals surface area contributed by atoms with Crippen molar-refractivity contribution in [2.45, 2.75) is 24.9 Å². The monoisotopic (exact) mass is 596 g/mol. The standard InChI is InChI=1S/C36H31F3N2O3/c1-2-24-44-35(43)33(26-8-4-3-5-9-26)27-20-22-41(23-21-27)30-18-16-29(17-19-30)40-34(42)32-11-7-6-10-31(32)25-12-14-28(15-13-25)36(37,38)39/h1,3-19,27,33H,20-24H2,(H,40,42). The summed E-state index contributed by atoms with van der Waals surface area (Å²) in [5.41, 5.74) is 3.18. The lowest BCUT2D eigenvalue weighted by Gasteiger charge is -2.36. The molecule has 5 rings (SSSR count). The number of amides is 1. The van der Waals surface area contributed by atoms with Gasteiger partial charge in [-0.3, -0.25) is 9.59 Å². The topological polar surface area (TPSA) is 58.6 Å². The highest BCUT2D eigenvalue weighted by Gasteiger charge is 2.34. The summed E-state index contributed by atoms with van der Waals surface area (Å²) in [7, 11) is 0. The number of alkyl halides is 3. The van der Waals surface area contributed by atoms with Crippen molar-refractivity contribution in [3.05, 3.63) is 120 Å². The zero-order valence-electron chi connectivity index (χ0n) is 23.9. The van der Waals surface area contributed by atoms with Crippen LogP contribution in [0.5, 0.6) is 0 Å². The van der Waals surface area contributed by atoms with E-state index in [0.29, 0.717) is 22.4 Å². The third kappa shape index (κ3) is 7.12. The van der Waals surface area contributed by atoms with E-state index in [1.807, 2.05) is 54.6 Å². The minimum atomic E-state index is -4.43. The van der Waals surface area contributed by atoms with Gasteiger partial charge >= 0.3 is 12.1 Å². The molecule has 44 heavy (non-hydrogen) atoms. The summed E-state index contributed by atoms with van der Waals surface area (Å²) in [4.78, 5) is 28.4. The van der Waals surface area contributed by atoms with E-state index in [9.17, 15) is 22.8 Å². The van der Waals surface area contributed by atoms with Crippen LogP contribution in [0.25, 0.3) is 11.1 Å². The molecule has 0 spiro atoms. The Bertz CT molecular complexity index is 1620. The van der Waals surface area contributed by atoms with Gasteiger partial charge in [0.2, 0.25) is 0 Å². The first kappa shape index (κ1) is 30.4. The van der Waals surface area contributed by atoms with Crippen LogP contribution in [0.1, 0.15) is 40.2 Å². The molecule has 1 amide bonds. The van der Waals surface area contributed by atoms with Crippen LogP contribution in [0.3, 0.4) is 0 Å². The van der Waals surface area contributed by atoms with Crippen molar-refractivity contribution in [1.29, 1.82) is 0 Å². The fourth-order valence-electron chi connectivity index (χ4n) is 5.68. The van der Waals surface area contributed by atoms with Gasteiger partial charge < -0.3 is 15.0 Å². The Balaban J connectivity index is 1.23. The molecule has 1 saturated heterocycles. The minimum Gasteiger partial charge on any atom is -0.452 e. The van der Waals surface area contributed by atoms with Crippen molar-refractivity contribution in [1.82, 2.24) is 0 Å². The van der Waals surface area contributed by atoms with Gasteiger partial charge in [0, 0.05) is 30.0 Å². The zero-order chi connectivity index (χ0) is 31.1. The average molecular weight is 597 g/mol. The third-order valence-electron chi connectivity index (χ3n) is 7.91. The van der Waals surface area contributed by atoms with E-state index < -0.39 is 11.7 Å². The van der Waals surface area contributed by atoms with Crippen LogP contribution in [0, 0.1) is 18.3 Å². The Hall–Kier alpha value is -5.03. The molecule has 1 N–H and O–H groups in total. The summed E-state index contributed by atoms with van der Waals surface area (Å²) in [5.74, 6) is 1.44. The molecule has 0 bridgehead atoms. The molecule has 5 nitrogen and oxygen atoms in total. The Morgan fingerprint density at radius 2 is 1.52 bits per heavy atom. The fraction of sp³-hybridized carbons (Fsp3) is 0.222. The first-order chi connectivity index (χ1) is 21.2. The molecule has 1 fully saturated rings. The first-order valence-electron chi connectivity index (χ1n) is 14.3. The van der Waals surface area contributed by atoms with Crippen LogP contribution in [0.15, 0.2) is 103 Å². The van der Waals surface area contributed by atoms with Gasteiger partial charge in [-0.25, -0.2) is 0 Å². The highest BCUT2D eigenvalue weighted by atomic mass is 19.4. The number of ether oxygens (including phenoxy) is 1. The van der Waals surface area contributed by atoms with Crippen molar-refractivity contribution in [3.63, 3.8) is 0 Å². The fourth-order valence-corrected chi connectivity index (χ4v) is 5.68. The van der Waals surface area contributed by atoms with Crippen molar-refractivity contribution in [2.75, 3.05) is 29.9 Å². The maximum atomic E-state index is 13.2. The predicted octanol–water partition coefficient (Wildman–Crippen LogP) is 7.80. The second-order valence-electron chi connectivity index (χ2n) is 10.6. The molecule has 4 aromatic carbocycles. The van der Waals surface area contributed by atoms with E-state index >= 15 is 0 Å². The number of carbonyl (C=O) groups excluding carboxylic acids is 2. The summed E-state index contributed by atoms with van der Waals surface area (Å²) in [6.45, 7) is 1.45. The molecule has 0 saturated carbocycles. The zero-order valence-corrected chi connectivity index (χ0v) is 23.9. The van der Waals surface area contributed by atoms with Gasteiger partial charge in [-0.05, 0) is 77.9 Å². The van der Waals surface area contributed by atoms with Crippen molar-refractivity contribution in [3.8, 4) is 23.5 Å². The molecule has 0 radical (unpaired) electrons. The van der Waals surface area contributed by atoms with Gasteiger partial charge in [0.1, 0.15) is 0 Å². The number of benzene rings is 4. The van der Waals surface area contributed by atoms with Crippen LogP contribution in [0.2, 0.25) is 0 Å². The Kier molecular flexibility index (Phi) is 9.35. The molecular weight excluding hydrogens is 565 g/mol.